The third-order valence-corrected chi connectivity index (χ3v) is 5.58. The van der Waals surface area contributed by atoms with Gasteiger partial charge in [-0.15, -0.1) is 0 Å². The highest BCUT2D eigenvalue weighted by molar-refractivity contribution is 5.82. The number of hydrogen-bond donors (Lipinski definition) is 1. The van der Waals surface area contributed by atoms with E-state index in [-0.39, 0.29) is 11.3 Å². The van der Waals surface area contributed by atoms with Crippen LogP contribution < -0.4 is 5.73 Å². The summed E-state index contributed by atoms with van der Waals surface area (Å²) in [5, 5.41) is 0. The number of benzene rings is 1. The van der Waals surface area contributed by atoms with E-state index in [1.54, 1.807) is 12.5 Å². The van der Waals surface area contributed by atoms with Crippen LogP contribution in [-0.2, 0) is 11.3 Å². The fraction of sp³-hybridized carbons (Fsp3) is 0.444. The van der Waals surface area contributed by atoms with Gasteiger partial charge in [0.05, 0.1) is 11.7 Å². The van der Waals surface area contributed by atoms with Crippen LogP contribution in [0.25, 0.3) is 5.69 Å². The number of carbonyl (C=O) groups excluding carboxylic acids is 1. The van der Waals surface area contributed by atoms with Gasteiger partial charge in [-0.3, -0.25) is 9.69 Å². The summed E-state index contributed by atoms with van der Waals surface area (Å²) >= 11 is 0. The Labute approximate surface area is 136 Å². The lowest BCUT2D eigenvalue weighted by molar-refractivity contribution is -0.128. The first-order valence-electron chi connectivity index (χ1n) is 8.27. The van der Waals surface area contributed by atoms with Crippen molar-refractivity contribution in [2.75, 3.05) is 13.1 Å². The van der Waals surface area contributed by atoms with Crippen molar-refractivity contribution in [3.8, 4) is 5.69 Å². The van der Waals surface area contributed by atoms with E-state index in [0.29, 0.717) is 5.92 Å². The Morgan fingerprint density at radius 3 is 2.83 bits per heavy atom. The Balaban J connectivity index is 1.46. The zero-order valence-electron chi connectivity index (χ0n) is 13.2. The SMILES string of the molecule is NC(=O)[C@]12CCC[C@H]1CN(Cc1ccc(-n3ccnc3)cc1)C2. The van der Waals surface area contributed by atoms with E-state index in [1.807, 2.05) is 10.8 Å². The molecule has 0 unspecified atom stereocenters. The summed E-state index contributed by atoms with van der Waals surface area (Å²) in [4.78, 5) is 18.4. The van der Waals surface area contributed by atoms with Gasteiger partial charge in [0.25, 0.3) is 0 Å². The molecule has 5 nitrogen and oxygen atoms in total. The quantitative estimate of drug-likeness (QED) is 0.939. The Kier molecular flexibility index (Phi) is 3.45. The van der Waals surface area contributed by atoms with Crippen LogP contribution in [0, 0.1) is 11.3 Å². The molecular formula is C18H22N4O. The molecule has 0 radical (unpaired) electrons. The molecule has 5 heteroatoms. The Morgan fingerprint density at radius 1 is 1.35 bits per heavy atom. The molecule has 1 aliphatic carbocycles. The Bertz CT molecular complexity index is 694. The number of hydrogen-bond acceptors (Lipinski definition) is 3. The van der Waals surface area contributed by atoms with Crippen LogP contribution in [-0.4, -0.2) is 33.4 Å². The second-order valence-corrected chi connectivity index (χ2v) is 6.92. The topological polar surface area (TPSA) is 64.2 Å². The molecule has 2 fully saturated rings. The van der Waals surface area contributed by atoms with Gasteiger partial charge in [-0.05, 0) is 36.5 Å². The summed E-state index contributed by atoms with van der Waals surface area (Å²) in [6, 6.07) is 8.52. The minimum absolute atomic E-state index is 0.0991. The van der Waals surface area contributed by atoms with Crippen LogP contribution in [0.5, 0.6) is 0 Å². The van der Waals surface area contributed by atoms with Gasteiger partial charge in [-0.2, -0.15) is 0 Å². The fourth-order valence-corrected chi connectivity index (χ4v) is 4.36. The molecule has 2 N–H and O–H groups in total. The number of imidazole rings is 1. The normalized spacial score (nSPS) is 27.2. The van der Waals surface area contributed by atoms with E-state index in [4.69, 9.17) is 5.73 Å². The molecule has 2 aromatic rings. The molecule has 1 aromatic heterocycles. The molecule has 1 amide bonds. The van der Waals surface area contributed by atoms with Gasteiger partial charge in [0.1, 0.15) is 0 Å². The van der Waals surface area contributed by atoms with Gasteiger partial charge in [-0.25, -0.2) is 4.98 Å². The van der Waals surface area contributed by atoms with Crippen molar-refractivity contribution in [3.63, 3.8) is 0 Å². The van der Waals surface area contributed by atoms with Crippen molar-refractivity contribution < 1.29 is 4.79 Å². The van der Waals surface area contributed by atoms with E-state index in [9.17, 15) is 4.79 Å². The zero-order chi connectivity index (χ0) is 15.9. The van der Waals surface area contributed by atoms with Gasteiger partial charge in [0.2, 0.25) is 5.91 Å². The van der Waals surface area contributed by atoms with Gasteiger partial charge < -0.3 is 10.3 Å². The molecule has 23 heavy (non-hydrogen) atoms. The predicted octanol–water partition coefficient (Wildman–Crippen LogP) is 1.96. The first-order chi connectivity index (χ1) is 11.2. The number of likely N-dealkylation sites (tertiary alicyclic amines) is 1. The zero-order valence-corrected chi connectivity index (χ0v) is 13.2. The van der Waals surface area contributed by atoms with E-state index in [1.165, 1.54) is 5.56 Å². The van der Waals surface area contributed by atoms with Crippen LogP contribution in [0.3, 0.4) is 0 Å². The highest BCUT2D eigenvalue weighted by atomic mass is 16.1. The van der Waals surface area contributed by atoms with Crippen LogP contribution >= 0.6 is 0 Å². The van der Waals surface area contributed by atoms with Crippen LogP contribution in [0.15, 0.2) is 43.0 Å². The van der Waals surface area contributed by atoms with E-state index in [2.05, 4.69) is 34.1 Å². The minimum Gasteiger partial charge on any atom is -0.369 e. The highest BCUT2D eigenvalue weighted by Crippen LogP contribution is 2.48. The van der Waals surface area contributed by atoms with Crippen molar-refractivity contribution in [2.24, 2.45) is 17.1 Å². The van der Waals surface area contributed by atoms with Crippen molar-refractivity contribution in [1.82, 2.24) is 14.5 Å². The number of amides is 1. The number of nitrogens with two attached hydrogens (primary N) is 1. The lowest BCUT2D eigenvalue weighted by atomic mass is 9.80. The second kappa shape index (κ2) is 5.49. The lowest BCUT2D eigenvalue weighted by Gasteiger charge is -2.24. The number of aromatic nitrogens is 2. The third kappa shape index (κ3) is 2.45. The minimum atomic E-state index is -0.267. The molecule has 2 heterocycles. The molecule has 4 rings (SSSR count). The van der Waals surface area contributed by atoms with Crippen molar-refractivity contribution >= 4 is 5.91 Å². The van der Waals surface area contributed by atoms with Gasteiger partial charge >= 0.3 is 0 Å². The molecule has 2 atom stereocenters. The molecule has 1 aliphatic heterocycles. The van der Waals surface area contributed by atoms with E-state index in [0.717, 1.165) is 44.6 Å². The first kappa shape index (κ1) is 14.5. The third-order valence-electron chi connectivity index (χ3n) is 5.58. The van der Waals surface area contributed by atoms with E-state index < -0.39 is 0 Å². The maximum atomic E-state index is 12.0. The number of fused-ring (bicyclic) bond motifs is 1. The highest BCUT2D eigenvalue weighted by Gasteiger charge is 2.53. The van der Waals surface area contributed by atoms with Gasteiger partial charge in [0, 0.05) is 37.7 Å². The van der Waals surface area contributed by atoms with Gasteiger partial charge in [0.15, 0.2) is 0 Å². The van der Waals surface area contributed by atoms with Crippen molar-refractivity contribution in [3.05, 3.63) is 48.5 Å². The summed E-state index contributed by atoms with van der Waals surface area (Å²) in [7, 11) is 0. The smallest absolute Gasteiger partial charge is 0.225 e. The molecule has 1 saturated heterocycles. The summed E-state index contributed by atoms with van der Waals surface area (Å²) in [6.07, 6.45) is 8.75. The predicted molar refractivity (Wildman–Crippen MR) is 87.8 cm³/mol. The molecular weight excluding hydrogens is 288 g/mol. The maximum Gasteiger partial charge on any atom is 0.225 e. The Morgan fingerprint density at radius 2 is 2.17 bits per heavy atom. The maximum absolute atomic E-state index is 12.0. The summed E-state index contributed by atoms with van der Waals surface area (Å²) in [6.45, 7) is 2.69. The molecule has 2 aliphatic rings. The largest absolute Gasteiger partial charge is 0.369 e. The average Bonchev–Trinajstić information content (AvgIpc) is 3.23. The summed E-state index contributed by atoms with van der Waals surface area (Å²) in [5.41, 5.74) is 7.84. The second-order valence-electron chi connectivity index (χ2n) is 6.92. The van der Waals surface area contributed by atoms with Crippen molar-refractivity contribution in [2.45, 2.75) is 25.8 Å². The molecule has 120 valence electrons. The fourth-order valence-electron chi connectivity index (χ4n) is 4.36. The van der Waals surface area contributed by atoms with Crippen LogP contribution in [0.2, 0.25) is 0 Å². The molecule has 0 spiro atoms. The molecule has 0 bridgehead atoms. The van der Waals surface area contributed by atoms with E-state index >= 15 is 0 Å². The monoisotopic (exact) mass is 310 g/mol. The first-order valence-corrected chi connectivity index (χ1v) is 8.27. The summed E-state index contributed by atoms with van der Waals surface area (Å²) in [5.74, 6) is 0.350. The van der Waals surface area contributed by atoms with Crippen LogP contribution in [0.1, 0.15) is 24.8 Å². The molecule has 1 aromatic carbocycles. The standard InChI is InChI=1S/C18H22N4O/c19-17(23)18-7-1-2-15(18)11-21(12-18)10-14-3-5-16(6-4-14)22-9-8-20-13-22/h3-6,8-9,13,15H,1-2,7,10-12H2,(H2,19,23)/t15-,18-/m0/s1. The Hall–Kier alpha value is -2.14. The van der Waals surface area contributed by atoms with Crippen LogP contribution in [0.4, 0.5) is 0 Å². The number of rotatable bonds is 4. The van der Waals surface area contributed by atoms with Gasteiger partial charge in [-0.1, -0.05) is 18.6 Å². The lowest BCUT2D eigenvalue weighted by Crippen LogP contribution is -2.40. The van der Waals surface area contributed by atoms with Crippen molar-refractivity contribution in [1.29, 1.82) is 0 Å². The summed E-state index contributed by atoms with van der Waals surface area (Å²) < 4.78 is 1.99. The molecule has 1 saturated carbocycles. The number of carbonyl (C=O) groups is 1. The number of primary amides is 1. The number of nitrogens with zero attached hydrogens (tertiary/aromatic N) is 3. The average molecular weight is 310 g/mol.